The summed E-state index contributed by atoms with van der Waals surface area (Å²) in [7, 11) is 3.73. The highest BCUT2D eigenvalue weighted by Crippen LogP contribution is 2.09. The fraction of sp³-hybridized carbons (Fsp3) is 0.357. The van der Waals surface area contributed by atoms with Gasteiger partial charge < -0.3 is 4.57 Å². The molecule has 0 aliphatic carbocycles. The molecule has 0 spiro atoms. The molecule has 0 unspecified atom stereocenters. The molecule has 0 saturated heterocycles. The van der Waals surface area contributed by atoms with Gasteiger partial charge in [-0.05, 0) is 13.8 Å². The molecule has 0 saturated carbocycles. The van der Waals surface area contributed by atoms with Gasteiger partial charge in [-0.2, -0.15) is 0 Å². The molecule has 4 aromatic heterocycles. The van der Waals surface area contributed by atoms with Crippen LogP contribution >= 0.6 is 0 Å². The lowest BCUT2D eigenvalue weighted by Gasteiger charge is -1.92. The van der Waals surface area contributed by atoms with E-state index in [-0.39, 0.29) is 7.43 Å². The lowest BCUT2D eigenvalue weighted by molar-refractivity contribution is 0.729. The number of aryl methyl sites for hydroxylation is 4. The minimum Gasteiger partial charge on any atom is -0.318 e. The van der Waals surface area contributed by atoms with Crippen molar-refractivity contribution in [1.82, 2.24) is 44.5 Å². The summed E-state index contributed by atoms with van der Waals surface area (Å²) in [6.45, 7) is 3.82. The number of aromatic nitrogens is 9. The Morgan fingerprint density at radius 3 is 2.00 bits per heavy atom. The van der Waals surface area contributed by atoms with Gasteiger partial charge in [0.15, 0.2) is 16.8 Å². The second-order valence-corrected chi connectivity index (χ2v) is 4.83. The normalized spacial score (nSPS) is 10.3. The maximum absolute atomic E-state index is 4.16. The first-order chi connectivity index (χ1) is 10.6. The Bertz CT molecular complexity index is 860. The van der Waals surface area contributed by atoms with Crippen LogP contribution in [0.3, 0.4) is 0 Å². The minimum absolute atomic E-state index is 0. The van der Waals surface area contributed by atoms with Crippen LogP contribution in [0.25, 0.3) is 22.3 Å². The quantitative estimate of drug-likeness (QED) is 0.483. The zero-order valence-electron chi connectivity index (χ0n) is 12.8. The highest BCUT2D eigenvalue weighted by molar-refractivity contribution is 5.72. The summed E-state index contributed by atoms with van der Waals surface area (Å²) < 4.78 is 3.51. The number of fused-ring (bicyclic) bond motifs is 2. The van der Waals surface area contributed by atoms with E-state index < -0.39 is 0 Å². The van der Waals surface area contributed by atoms with E-state index in [2.05, 4.69) is 35.2 Å². The van der Waals surface area contributed by atoms with Crippen LogP contribution in [0, 0.1) is 13.8 Å². The standard InChI is InChI=1S/C7H8N4.C6H7N5.CH4/c1-5-6-7(9-3-8-5)11(2)4-10-6;1-4-5-6(8-3-7-4)11(2)10-9-5;/h3-4H,1-2H3;3H,1-2H3;1H4. The Morgan fingerprint density at radius 2 is 1.39 bits per heavy atom. The Kier molecular flexibility index (Phi) is 4.58. The van der Waals surface area contributed by atoms with Gasteiger partial charge in [-0.15, -0.1) is 5.10 Å². The lowest BCUT2D eigenvalue weighted by atomic mass is 10.4. The SMILES string of the molecule is C.Cc1ncnc2c1ncn2C.Cc1ncnc2c1nnn2C. The number of nitrogens with zero attached hydrogens (tertiary/aromatic N) is 9. The first-order valence-electron chi connectivity index (χ1n) is 6.63. The summed E-state index contributed by atoms with van der Waals surface area (Å²) in [4.78, 5) is 20.3. The maximum Gasteiger partial charge on any atom is 0.181 e. The molecular weight excluding hydrogens is 294 g/mol. The average Bonchev–Trinajstić information content (AvgIpc) is 3.07. The topological polar surface area (TPSA) is 100 Å². The molecule has 4 rings (SSSR count). The smallest absolute Gasteiger partial charge is 0.181 e. The molecule has 0 aromatic carbocycles. The van der Waals surface area contributed by atoms with Crippen molar-refractivity contribution in [2.75, 3.05) is 0 Å². The zero-order chi connectivity index (χ0) is 15.7. The number of hydrogen-bond donors (Lipinski definition) is 0. The largest absolute Gasteiger partial charge is 0.318 e. The summed E-state index contributed by atoms with van der Waals surface area (Å²) in [6.07, 6.45) is 4.81. The van der Waals surface area contributed by atoms with E-state index >= 15 is 0 Å². The molecule has 9 nitrogen and oxygen atoms in total. The second-order valence-electron chi connectivity index (χ2n) is 4.83. The highest BCUT2D eigenvalue weighted by atomic mass is 15.4. The summed E-state index contributed by atoms with van der Waals surface area (Å²) in [6, 6.07) is 0. The van der Waals surface area contributed by atoms with E-state index in [1.807, 2.05) is 32.5 Å². The van der Waals surface area contributed by atoms with Gasteiger partial charge in [0.1, 0.15) is 18.2 Å². The highest BCUT2D eigenvalue weighted by Gasteiger charge is 2.04. The Balaban J connectivity index is 0.000000160. The predicted molar refractivity (Wildman–Crippen MR) is 86.6 cm³/mol. The fourth-order valence-corrected chi connectivity index (χ4v) is 2.02. The van der Waals surface area contributed by atoms with E-state index in [1.54, 1.807) is 17.3 Å². The van der Waals surface area contributed by atoms with Crippen LogP contribution in [0.4, 0.5) is 0 Å². The first kappa shape index (κ1) is 16.4. The third-order valence-electron chi connectivity index (χ3n) is 3.25. The molecule has 4 aromatic rings. The number of rotatable bonds is 0. The van der Waals surface area contributed by atoms with Gasteiger partial charge in [0.05, 0.1) is 17.7 Å². The summed E-state index contributed by atoms with van der Waals surface area (Å²) in [5.41, 5.74) is 5.11. The van der Waals surface area contributed by atoms with Crippen LogP contribution in [-0.2, 0) is 14.1 Å². The van der Waals surface area contributed by atoms with Crippen LogP contribution < -0.4 is 0 Å². The molecule has 0 N–H and O–H groups in total. The monoisotopic (exact) mass is 313 g/mol. The molecule has 0 aliphatic rings. The van der Waals surface area contributed by atoms with Crippen LogP contribution in [0.15, 0.2) is 19.0 Å². The van der Waals surface area contributed by atoms with Crippen LogP contribution in [0.5, 0.6) is 0 Å². The van der Waals surface area contributed by atoms with Crippen molar-refractivity contribution in [3.05, 3.63) is 30.4 Å². The van der Waals surface area contributed by atoms with Gasteiger partial charge in [-0.1, -0.05) is 12.6 Å². The van der Waals surface area contributed by atoms with Crippen molar-refractivity contribution in [3.8, 4) is 0 Å². The third-order valence-corrected chi connectivity index (χ3v) is 3.25. The fourth-order valence-electron chi connectivity index (χ4n) is 2.02. The van der Waals surface area contributed by atoms with Gasteiger partial charge in [0, 0.05) is 14.1 Å². The van der Waals surface area contributed by atoms with Crippen molar-refractivity contribution in [1.29, 1.82) is 0 Å². The Morgan fingerprint density at radius 1 is 0.783 bits per heavy atom. The van der Waals surface area contributed by atoms with E-state index in [4.69, 9.17) is 0 Å². The molecular formula is C14H19N9. The van der Waals surface area contributed by atoms with Crippen LogP contribution in [0.1, 0.15) is 18.8 Å². The summed E-state index contributed by atoms with van der Waals surface area (Å²) in [5, 5.41) is 7.73. The first-order valence-corrected chi connectivity index (χ1v) is 6.63. The van der Waals surface area contributed by atoms with Crippen molar-refractivity contribution in [3.63, 3.8) is 0 Å². The maximum atomic E-state index is 4.16. The Labute approximate surface area is 133 Å². The van der Waals surface area contributed by atoms with Crippen LogP contribution in [0.2, 0.25) is 0 Å². The zero-order valence-corrected chi connectivity index (χ0v) is 12.8. The molecule has 0 radical (unpaired) electrons. The molecule has 120 valence electrons. The molecule has 0 bridgehead atoms. The van der Waals surface area contributed by atoms with E-state index in [0.29, 0.717) is 0 Å². The van der Waals surface area contributed by atoms with Gasteiger partial charge in [-0.25, -0.2) is 29.6 Å². The van der Waals surface area contributed by atoms with E-state index in [1.165, 1.54) is 6.33 Å². The molecule has 9 heteroatoms. The van der Waals surface area contributed by atoms with Crippen molar-refractivity contribution >= 4 is 22.3 Å². The van der Waals surface area contributed by atoms with Gasteiger partial charge in [-0.3, -0.25) is 0 Å². The third kappa shape index (κ3) is 2.98. The van der Waals surface area contributed by atoms with Crippen molar-refractivity contribution in [2.24, 2.45) is 14.1 Å². The van der Waals surface area contributed by atoms with Crippen LogP contribution in [-0.4, -0.2) is 44.5 Å². The van der Waals surface area contributed by atoms with E-state index in [0.717, 1.165) is 33.7 Å². The molecule has 23 heavy (non-hydrogen) atoms. The van der Waals surface area contributed by atoms with Crippen molar-refractivity contribution in [2.45, 2.75) is 21.3 Å². The molecule has 0 atom stereocenters. The van der Waals surface area contributed by atoms with Gasteiger partial charge in [0.25, 0.3) is 0 Å². The second kappa shape index (κ2) is 6.42. The summed E-state index contributed by atoms with van der Waals surface area (Å²) >= 11 is 0. The lowest BCUT2D eigenvalue weighted by Crippen LogP contribution is -1.92. The average molecular weight is 313 g/mol. The van der Waals surface area contributed by atoms with Gasteiger partial charge >= 0.3 is 0 Å². The molecule has 0 aliphatic heterocycles. The number of imidazole rings is 1. The van der Waals surface area contributed by atoms with Crippen molar-refractivity contribution < 1.29 is 0 Å². The summed E-state index contributed by atoms with van der Waals surface area (Å²) in [5.74, 6) is 0. The van der Waals surface area contributed by atoms with E-state index in [9.17, 15) is 0 Å². The van der Waals surface area contributed by atoms with Gasteiger partial charge in [0.2, 0.25) is 0 Å². The molecule has 4 heterocycles. The minimum atomic E-state index is 0. The Hall–Kier alpha value is -2.97. The predicted octanol–water partition coefficient (Wildman–Crippen LogP) is 1.37. The number of hydrogen-bond acceptors (Lipinski definition) is 7. The molecule has 0 amide bonds. The molecule has 0 fully saturated rings.